The van der Waals surface area contributed by atoms with Gasteiger partial charge in [-0.25, -0.2) is 0 Å². The first-order valence-corrected chi connectivity index (χ1v) is 11.7. The van der Waals surface area contributed by atoms with E-state index in [0.29, 0.717) is 5.92 Å². The van der Waals surface area contributed by atoms with Crippen molar-refractivity contribution in [2.75, 3.05) is 0 Å². The van der Waals surface area contributed by atoms with Crippen molar-refractivity contribution in [2.45, 2.75) is 105 Å². The van der Waals surface area contributed by atoms with Crippen LogP contribution in [0.25, 0.3) is 5.57 Å². The molecule has 1 aromatic carbocycles. The molecule has 2 nitrogen and oxygen atoms in total. The van der Waals surface area contributed by atoms with Crippen molar-refractivity contribution in [3.05, 3.63) is 41.5 Å². The number of allylic oxidation sites excluding steroid dienone is 2. The molecule has 0 aromatic heterocycles. The minimum absolute atomic E-state index is 0.170. The molecule has 1 aromatic rings. The van der Waals surface area contributed by atoms with Crippen LogP contribution in [0.1, 0.15) is 111 Å². The van der Waals surface area contributed by atoms with E-state index in [1.807, 2.05) is 0 Å². The number of unbranched alkanes of at least 4 members (excludes halogenated alkanes) is 2. The number of carbonyl (C=O) groups is 1. The highest BCUT2D eigenvalue weighted by Gasteiger charge is 2.28. The number of benzene rings is 1. The standard InChI is InChI=1S/C27H44O2/c1-8-12-13-14-21(9-2)24(19-26(5,6)10-3)22-15-17-23(18-16-22)27(7,11-4)20-25(28)29/h15-19,21H,8-14,20H2,1-7H3,(H,28,29)/b24-19+. The third-order valence-electron chi connectivity index (χ3n) is 6.78. The summed E-state index contributed by atoms with van der Waals surface area (Å²) in [6, 6.07) is 8.77. The van der Waals surface area contributed by atoms with Crippen molar-refractivity contribution in [1.29, 1.82) is 0 Å². The van der Waals surface area contributed by atoms with E-state index >= 15 is 0 Å². The molecule has 0 heterocycles. The van der Waals surface area contributed by atoms with Crippen LogP contribution in [0.3, 0.4) is 0 Å². The number of carboxylic acids is 1. The van der Waals surface area contributed by atoms with Crippen molar-refractivity contribution < 1.29 is 9.90 Å². The van der Waals surface area contributed by atoms with Gasteiger partial charge in [0.2, 0.25) is 0 Å². The van der Waals surface area contributed by atoms with Gasteiger partial charge in [-0.2, -0.15) is 0 Å². The lowest BCUT2D eigenvalue weighted by atomic mass is 9.75. The van der Waals surface area contributed by atoms with Crippen LogP contribution < -0.4 is 0 Å². The van der Waals surface area contributed by atoms with Crippen LogP contribution in [-0.4, -0.2) is 11.1 Å². The Morgan fingerprint density at radius 3 is 2.07 bits per heavy atom. The van der Waals surface area contributed by atoms with E-state index in [0.717, 1.165) is 24.8 Å². The van der Waals surface area contributed by atoms with E-state index in [4.69, 9.17) is 0 Å². The molecule has 0 aliphatic heterocycles. The molecule has 0 bridgehead atoms. The summed E-state index contributed by atoms with van der Waals surface area (Å²) in [5.41, 5.74) is 3.75. The normalized spacial score (nSPS) is 15.8. The number of aliphatic carboxylic acids is 1. The van der Waals surface area contributed by atoms with Gasteiger partial charge in [-0.1, -0.05) is 98.1 Å². The topological polar surface area (TPSA) is 37.3 Å². The molecular weight excluding hydrogens is 356 g/mol. The predicted octanol–water partition coefficient (Wildman–Crippen LogP) is 8.26. The van der Waals surface area contributed by atoms with Gasteiger partial charge < -0.3 is 5.11 Å². The second-order valence-electron chi connectivity index (χ2n) is 9.60. The van der Waals surface area contributed by atoms with E-state index in [2.05, 4.69) is 78.8 Å². The predicted molar refractivity (Wildman–Crippen MR) is 126 cm³/mol. The lowest BCUT2D eigenvalue weighted by Gasteiger charge is -2.29. The monoisotopic (exact) mass is 400 g/mol. The zero-order valence-electron chi connectivity index (χ0n) is 20.0. The Balaban J connectivity index is 3.30. The number of carboxylic acid groups (broad SMARTS) is 1. The molecule has 2 atom stereocenters. The maximum absolute atomic E-state index is 11.4. The highest BCUT2D eigenvalue weighted by molar-refractivity contribution is 5.70. The van der Waals surface area contributed by atoms with Gasteiger partial charge in [0.25, 0.3) is 0 Å². The molecule has 2 unspecified atom stereocenters. The Labute approximate surface area is 179 Å². The van der Waals surface area contributed by atoms with Crippen molar-refractivity contribution in [1.82, 2.24) is 0 Å². The Morgan fingerprint density at radius 2 is 1.62 bits per heavy atom. The molecule has 0 amide bonds. The summed E-state index contributed by atoms with van der Waals surface area (Å²) in [7, 11) is 0. The Hall–Kier alpha value is -1.57. The molecule has 0 radical (unpaired) electrons. The Kier molecular flexibility index (Phi) is 10.2. The highest BCUT2D eigenvalue weighted by Crippen LogP contribution is 2.37. The zero-order valence-corrected chi connectivity index (χ0v) is 20.0. The third kappa shape index (κ3) is 7.64. The fraction of sp³-hybridized carbons (Fsp3) is 0.667. The van der Waals surface area contributed by atoms with E-state index in [1.54, 1.807) is 0 Å². The van der Waals surface area contributed by atoms with Gasteiger partial charge in [0.05, 0.1) is 6.42 Å². The molecule has 29 heavy (non-hydrogen) atoms. The SMILES string of the molecule is CCCCCC(CC)/C(=C\C(C)(C)CC)c1ccc(C(C)(CC)CC(=O)O)cc1. The summed E-state index contributed by atoms with van der Waals surface area (Å²) in [5, 5.41) is 9.34. The summed E-state index contributed by atoms with van der Waals surface area (Å²) in [5.74, 6) is -0.152. The van der Waals surface area contributed by atoms with Gasteiger partial charge >= 0.3 is 5.97 Å². The minimum Gasteiger partial charge on any atom is -0.481 e. The van der Waals surface area contributed by atoms with Crippen LogP contribution in [-0.2, 0) is 10.2 Å². The molecule has 164 valence electrons. The van der Waals surface area contributed by atoms with E-state index in [-0.39, 0.29) is 17.3 Å². The molecule has 1 N–H and O–H groups in total. The molecular formula is C27H44O2. The molecule has 1 rings (SSSR count). The van der Waals surface area contributed by atoms with Crippen LogP contribution in [0, 0.1) is 11.3 Å². The molecule has 2 heteroatoms. The molecule has 0 saturated heterocycles. The Morgan fingerprint density at radius 1 is 1.00 bits per heavy atom. The number of rotatable bonds is 13. The Bertz CT molecular complexity index is 654. The summed E-state index contributed by atoms with van der Waals surface area (Å²) >= 11 is 0. The highest BCUT2D eigenvalue weighted by atomic mass is 16.4. The molecule has 0 fully saturated rings. The van der Waals surface area contributed by atoms with E-state index in [9.17, 15) is 9.90 Å². The van der Waals surface area contributed by atoms with Crippen LogP contribution >= 0.6 is 0 Å². The summed E-state index contributed by atoms with van der Waals surface area (Å²) in [4.78, 5) is 11.4. The lowest BCUT2D eigenvalue weighted by Crippen LogP contribution is -2.24. The first kappa shape index (κ1) is 25.5. The molecule has 0 saturated carbocycles. The van der Waals surface area contributed by atoms with E-state index < -0.39 is 5.97 Å². The van der Waals surface area contributed by atoms with Crippen molar-refractivity contribution >= 4 is 11.5 Å². The smallest absolute Gasteiger partial charge is 0.304 e. The second kappa shape index (κ2) is 11.6. The van der Waals surface area contributed by atoms with Crippen molar-refractivity contribution in [3.8, 4) is 0 Å². The molecule has 0 aliphatic carbocycles. The van der Waals surface area contributed by atoms with E-state index in [1.165, 1.54) is 36.8 Å². The zero-order chi connectivity index (χ0) is 22.1. The lowest BCUT2D eigenvalue weighted by molar-refractivity contribution is -0.138. The van der Waals surface area contributed by atoms with Gasteiger partial charge in [0.15, 0.2) is 0 Å². The van der Waals surface area contributed by atoms with Gasteiger partial charge in [-0.3, -0.25) is 4.79 Å². The van der Waals surface area contributed by atoms with Gasteiger partial charge in [0, 0.05) is 5.41 Å². The average molecular weight is 401 g/mol. The van der Waals surface area contributed by atoms with Crippen LogP contribution in [0.4, 0.5) is 0 Å². The third-order valence-corrected chi connectivity index (χ3v) is 6.78. The van der Waals surface area contributed by atoms with Crippen LogP contribution in [0.15, 0.2) is 30.3 Å². The van der Waals surface area contributed by atoms with Gasteiger partial charge in [-0.05, 0) is 53.7 Å². The summed E-state index contributed by atoms with van der Waals surface area (Å²) < 4.78 is 0. The van der Waals surface area contributed by atoms with Crippen LogP contribution in [0.5, 0.6) is 0 Å². The summed E-state index contributed by atoms with van der Waals surface area (Å²) in [6.07, 6.45) is 10.8. The largest absolute Gasteiger partial charge is 0.481 e. The van der Waals surface area contributed by atoms with Crippen LogP contribution in [0.2, 0.25) is 0 Å². The van der Waals surface area contributed by atoms with Gasteiger partial charge in [0.1, 0.15) is 0 Å². The number of hydrogen-bond acceptors (Lipinski definition) is 1. The molecule has 0 spiro atoms. The maximum atomic E-state index is 11.4. The maximum Gasteiger partial charge on any atom is 0.304 e. The van der Waals surface area contributed by atoms with Crippen molar-refractivity contribution in [2.24, 2.45) is 11.3 Å². The first-order valence-electron chi connectivity index (χ1n) is 11.7. The van der Waals surface area contributed by atoms with Gasteiger partial charge in [-0.15, -0.1) is 0 Å². The molecule has 0 aliphatic rings. The first-order chi connectivity index (χ1) is 13.6. The average Bonchev–Trinajstić information content (AvgIpc) is 2.69. The quantitative estimate of drug-likeness (QED) is 0.338. The summed E-state index contributed by atoms with van der Waals surface area (Å²) in [6.45, 7) is 15.6. The second-order valence-corrected chi connectivity index (χ2v) is 9.60. The fourth-order valence-electron chi connectivity index (χ4n) is 4.01. The number of hydrogen-bond donors (Lipinski definition) is 1. The van der Waals surface area contributed by atoms with Crippen molar-refractivity contribution in [3.63, 3.8) is 0 Å². The fourth-order valence-corrected chi connectivity index (χ4v) is 4.01. The minimum atomic E-state index is -0.731.